The molecule has 3 rings (SSSR count). The Bertz CT molecular complexity index is 747. The number of hydrogen-bond acceptors (Lipinski definition) is 4. The van der Waals surface area contributed by atoms with E-state index in [9.17, 15) is 0 Å². The number of imidazole rings is 1. The smallest absolute Gasteiger partial charge is 0.180 e. The second kappa shape index (κ2) is 5.83. The number of aryl methyl sites for hydroxylation is 1. The van der Waals surface area contributed by atoms with E-state index in [1.165, 1.54) is 5.56 Å². The number of benzene rings is 1. The lowest BCUT2D eigenvalue weighted by Gasteiger charge is -2.12. The Morgan fingerprint density at radius 1 is 1.24 bits per heavy atom. The minimum Gasteiger partial charge on any atom is -0.369 e. The fraction of sp³-hybridized carbons (Fsp3) is 0.250. The molecule has 0 spiro atoms. The van der Waals surface area contributed by atoms with E-state index in [0.717, 1.165) is 35.9 Å². The van der Waals surface area contributed by atoms with Crippen molar-refractivity contribution in [1.29, 1.82) is 0 Å². The molecule has 0 aliphatic rings. The third-order valence-corrected chi connectivity index (χ3v) is 3.33. The van der Waals surface area contributed by atoms with Crippen molar-refractivity contribution in [3.63, 3.8) is 0 Å². The van der Waals surface area contributed by atoms with E-state index in [2.05, 4.69) is 40.5 Å². The Labute approximate surface area is 124 Å². The topological polar surface area (TPSA) is 54.2 Å². The summed E-state index contributed by atoms with van der Waals surface area (Å²) in [4.78, 5) is 9.02. The number of rotatable bonds is 5. The molecule has 2 N–H and O–H groups in total. The molecule has 0 atom stereocenters. The van der Waals surface area contributed by atoms with E-state index in [1.54, 1.807) is 6.20 Å². The Morgan fingerprint density at radius 2 is 2.10 bits per heavy atom. The highest BCUT2D eigenvalue weighted by Crippen LogP contribution is 2.23. The largest absolute Gasteiger partial charge is 0.369 e. The molecular weight excluding hydrogens is 262 g/mol. The molecule has 5 nitrogen and oxygen atoms in total. The molecule has 0 saturated carbocycles. The highest BCUT2D eigenvalue weighted by molar-refractivity contribution is 5.72. The first-order chi connectivity index (χ1) is 10.3. The van der Waals surface area contributed by atoms with Crippen LogP contribution in [0.15, 0.2) is 42.9 Å². The molecule has 2 heterocycles. The van der Waals surface area contributed by atoms with Gasteiger partial charge in [0, 0.05) is 24.6 Å². The van der Waals surface area contributed by atoms with Gasteiger partial charge < -0.3 is 15.0 Å². The van der Waals surface area contributed by atoms with Crippen molar-refractivity contribution < 1.29 is 0 Å². The van der Waals surface area contributed by atoms with E-state index in [0.29, 0.717) is 0 Å². The first kappa shape index (κ1) is 13.4. The molecule has 0 radical (unpaired) electrons. The molecule has 0 amide bonds. The summed E-state index contributed by atoms with van der Waals surface area (Å²) < 4.78 is 1.98. The van der Waals surface area contributed by atoms with Crippen LogP contribution in [0.4, 0.5) is 17.3 Å². The Hall–Kier alpha value is -2.56. The molecule has 0 aliphatic heterocycles. The third kappa shape index (κ3) is 2.81. The van der Waals surface area contributed by atoms with Crippen LogP contribution in [0.3, 0.4) is 0 Å². The predicted octanol–water partition coefficient (Wildman–Crippen LogP) is 3.60. The first-order valence-corrected chi connectivity index (χ1v) is 7.18. The van der Waals surface area contributed by atoms with Gasteiger partial charge in [-0.15, -0.1) is 0 Å². The Balaban J connectivity index is 2.00. The molecule has 0 fully saturated rings. The van der Waals surface area contributed by atoms with Gasteiger partial charge in [0.15, 0.2) is 11.5 Å². The summed E-state index contributed by atoms with van der Waals surface area (Å²) in [6.45, 7) is 5.11. The van der Waals surface area contributed by atoms with E-state index < -0.39 is 0 Å². The van der Waals surface area contributed by atoms with E-state index in [4.69, 9.17) is 0 Å². The normalized spacial score (nSPS) is 10.8. The van der Waals surface area contributed by atoms with Crippen LogP contribution in [-0.4, -0.2) is 20.9 Å². The van der Waals surface area contributed by atoms with Crippen LogP contribution in [0, 0.1) is 6.92 Å². The summed E-state index contributed by atoms with van der Waals surface area (Å²) in [6, 6.07) is 8.16. The molecule has 5 heteroatoms. The van der Waals surface area contributed by atoms with Crippen LogP contribution in [0.1, 0.15) is 18.9 Å². The molecule has 0 aliphatic carbocycles. The fourth-order valence-electron chi connectivity index (χ4n) is 2.19. The van der Waals surface area contributed by atoms with Gasteiger partial charge in [0.05, 0.1) is 6.20 Å². The molecule has 3 aromatic rings. The highest BCUT2D eigenvalue weighted by atomic mass is 15.1. The standard InChI is InChI=1S/C16H19N5/c1-3-8-17-14-11-21-10-9-18-16(21)15(20-14)19-13-7-5-4-6-12(13)2/h4-7,9-11,17H,3,8H2,1-2H3,(H,19,20). The molecule has 108 valence electrons. The van der Waals surface area contributed by atoms with Crippen molar-refractivity contribution in [2.75, 3.05) is 17.2 Å². The maximum atomic E-state index is 4.64. The van der Waals surface area contributed by atoms with Crippen LogP contribution < -0.4 is 10.6 Å². The summed E-state index contributed by atoms with van der Waals surface area (Å²) in [6.07, 6.45) is 6.73. The first-order valence-electron chi connectivity index (χ1n) is 7.18. The van der Waals surface area contributed by atoms with Gasteiger partial charge in [-0.2, -0.15) is 0 Å². The zero-order chi connectivity index (χ0) is 14.7. The predicted molar refractivity (Wildman–Crippen MR) is 86.2 cm³/mol. The van der Waals surface area contributed by atoms with Gasteiger partial charge in [-0.3, -0.25) is 0 Å². The van der Waals surface area contributed by atoms with Gasteiger partial charge in [0.25, 0.3) is 0 Å². The van der Waals surface area contributed by atoms with Crippen molar-refractivity contribution in [2.24, 2.45) is 0 Å². The SMILES string of the molecule is CCCNc1cn2ccnc2c(Nc2ccccc2C)n1. The summed E-state index contributed by atoms with van der Waals surface area (Å²) >= 11 is 0. The minimum absolute atomic E-state index is 0.760. The van der Waals surface area contributed by atoms with Crippen LogP contribution in [0.5, 0.6) is 0 Å². The number of nitrogens with zero attached hydrogens (tertiary/aromatic N) is 3. The van der Waals surface area contributed by atoms with Crippen molar-refractivity contribution >= 4 is 23.0 Å². The molecule has 1 aromatic carbocycles. The summed E-state index contributed by atoms with van der Waals surface area (Å²) in [5.74, 6) is 1.61. The maximum absolute atomic E-state index is 4.64. The number of fused-ring (bicyclic) bond motifs is 1. The van der Waals surface area contributed by atoms with Gasteiger partial charge in [0.1, 0.15) is 5.82 Å². The van der Waals surface area contributed by atoms with Gasteiger partial charge in [0.2, 0.25) is 0 Å². The average molecular weight is 281 g/mol. The molecule has 0 bridgehead atoms. The van der Waals surface area contributed by atoms with Gasteiger partial charge in [-0.05, 0) is 25.0 Å². The number of aromatic nitrogens is 3. The van der Waals surface area contributed by atoms with Gasteiger partial charge >= 0.3 is 0 Å². The molecular formula is C16H19N5. The average Bonchev–Trinajstić information content (AvgIpc) is 2.96. The molecule has 0 unspecified atom stereocenters. The highest BCUT2D eigenvalue weighted by Gasteiger charge is 2.08. The van der Waals surface area contributed by atoms with Crippen molar-refractivity contribution in [3.05, 3.63) is 48.4 Å². The number of hydrogen-bond donors (Lipinski definition) is 2. The third-order valence-electron chi connectivity index (χ3n) is 3.33. The van der Waals surface area contributed by atoms with Crippen LogP contribution >= 0.6 is 0 Å². The molecule has 21 heavy (non-hydrogen) atoms. The minimum atomic E-state index is 0.760. The maximum Gasteiger partial charge on any atom is 0.180 e. The van der Waals surface area contributed by atoms with Crippen molar-refractivity contribution in [1.82, 2.24) is 14.4 Å². The quantitative estimate of drug-likeness (QED) is 0.750. The lowest BCUT2D eigenvalue weighted by Crippen LogP contribution is -2.06. The monoisotopic (exact) mass is 281 g/mol. The Morgan fingerprint density at radius 3 is 2.90 bits per heavy atom. The summed E-state index contributed by atoms with van der Waals surface area (Å²) in [7, 11) is 0. The fourth-order valence-corrected chi connectivity index (χ4v) is 2.19. The lowest BCUT2D eigenvalue weighted by atomic mass is 10.2. The second-order valence-electron chi connectivity index (χ2n) is 5.00. The molecule has 2 aromatic heterocycles. The van der Waals surface area contributed by atoms with Crippen LogP contribution in [0.25, 0.3) is 5.65 Å². The van der Waals surface area contributed by atoms with E-state index in [-0.39, 0.29) is 0 Å². The second-order valence-corrected chi connectivity index (χ2v) is 5.00. The zero-order valence-corrected chi connectivity index (χ0v) is 12.3. The number of nitrogens with one attached hydrogen (secondary N) is 2. The summed E-state index contributed by atoms with van der Waals surface area (Å²) in [5, 5.41) is 6.70. The lowest BCUT2D eigenvalue weighted by molar-refractivity contribution is 0.962. The zero-order valence-electron chi connectivity index (χ0n) is 12.3. The molecule has 0 saturated heterocycles. The number of para-hydroxylation sites is 1. The summed E-state index contributed by atoms with van der Waals surface area (Å²) in [5.41, 5.74) is 3.04. The van der Waals surface area contributed by atoms with Crippen LogP contribution in [0.2, 0.25) is 0 Å². The van der Waals surface area contributed by atoms with Crippen LogP contribution in [-0.2, 0) is 0 Å². The van der Waals surface area contributed by atoms with E-state index in [1.807, 2.05) is 35.0 Å². The van der Waals surface area contributed by atoms with Crippen molar-refractivity contribution in [2.45, 2.75) is 20.3 Å². The van der Waals surface area contributed by atoms with Gasteiger partial charge in [-0.1, -0.05) is 25.1 Å². The van der Waals surface area contributed by atoms with Gasteiger partial charge in [-0.25, -0.2) is 9.97 Å². The van der Waals surface area contributed by atoms with E-state index >= 15 is 0 Å². The van der Waals surface area contributed by atoms with Crippen molar-refractivity contribution in [3.8, 4) is 0 Å². The number of anilines is 3. The Kier molecular flexibility index (Phi) is 3.73.